The normalized spacial score (nSPS) is 28.3. The van der Waals surface area contributed by atoms with E-state index < -0.39 is 31.1 Å². The monoisotopic (exact) mass is 325 g/mol. The van der Waals surface area contributed by atoms with E-state index in [1.807, 2.05) is 0 Å². The number of aromatic nitrogens is 3. The zero-order valence-corrected chi connectivity index (χ0v) is 12.1. The van der Waals surface area contributed by atoms with E-state index in [0.29, 0.717) is 16.6 Å². The molecule has 0 amide bonds. The molecule has 1 aliphatic rings. The van der Waals surface area contributed by atoms with E-state index in [1.54, 1.807) is 6.20 Å². The van der Waals surface area contributed by atoms with Gasteiger partial charge in [0.25, 0.3) is 0 Å². The number of aliphatic hydroxyl groups excluding tert-OH is 3. The van der Waals surface area contributed by atoms with Crippen molar-refractivity contribution in [3.8, 4) is 0 Å². The Balaban J connectivity index is 2.16. The number of rotatable bonds is 3. The lowest BCUT2D eigenvalue weighted by atomic mass is 10.1. The summed E-state index contributed by atoms with van der Waals surface area (Å²) in [4.78, 5) is 8.12. The highest BCUT2D eigenvalue weighted by Crippen LogP contribution is 2.34. The molecule has 0 radical (unpaired) electrons. The fourth-order valence-corrected chi connectivity index (χ4v) is 2.75. The Hall–Kier alpha value is -1.85. The fraction of sp³-hybridized carbons (Fsp3) is 0.417. The van der Waals surface area contributed by atoms with Crippen molar-refractivity contribution in [2.45, 2.75) is 24.5 Å². The minimum Gasteiger partial charge on any atom is -0.394 e. The van der Waals surface area contributed by atoms with Gasteiger partial charge < -0.3 is 36.1 Å². The lowest BCUT2D eigenvalue weighted by Crippen LogP contribution is -2.33. The number of anilines is 1. The molecule has 0 unspecified atom stereocenters. The molecular formula is C12H15N5O4S. The third-order valence-corrected chi connectivity index (χ3v) is 3.92. The lowest BCUT2D eigenvalue weighted by molar-refractivity contribution is -0.0508. The molecule has 22 heavy (non-hydrogen) atoms. The van der Waals surface area contributed by atoms with E-state index in [0.717, 1.165) is 0 Å². The number of hydrogen-bond donors (Lipinski definition) is 5. The number of fused-ring (bicyclic) bond motifs is 1. The van der Waals surface area contributed by atoms with Gasteiger partial charge in [-0.15, -0.1) is 0 Å². The van der Waals surface area contributed by atoms with Crippen LogP contribution in [0, 0.1) is 0 Å². The summed E-state index contributed by atoms with van der Waals surface area (Å²) in [5, 5.41) is 29.6. The van der Waals surface area contributed by atoms with Crippen LogP contribution in [0.1, 0.15) is 11.8 Å². The smallest absolute Gasteiger partial charge is 0.164 e. The number of thiocarbonyl (C=S) groups is 1. The molecule has 0 bridgehead atoms. The molecule has 0 saturated carbocycles. The summed E-state index contributed by atoms with van der Waals surface area (Å²) < 4.78 is 6.97. The van der Waals surface area contributed by atoms with Gasteiger partial charge in [-0.2, -0.15) is 0 Å². The first-order valence-electron chi connectivity index (χ1n) is 6.49. The van der Waals surface area contributed by atoms with Gasteiger partial charge in [0.2, 0.25) is 0 Å². The summed E-state index contributed by atoms with van der Waals surface area (Å²) in [5.41, 5.74) is 12.4. The third-order valence-electron chi connectivity index (χ3n) is 3.70. The molecule has 0 spiro atoms. The van der Waals surface area contributed by atoms with Gasteiger partial charge in [-0.05, 0) is 0 Å². The zero-order valence-electron chi connectivity index (χ0n) is 11.3. The van der Waals surface area contributed by atoms with Gasteiger partial charge in [0, 0.05) is 11.8 Å². The second-order valence-electron chi connectivity index (χ2n) is 5.00. The van der Waals surface area contributed by atoms with E-state index in [2.05, 4.69) is 9.97 Å². The zero-order chi connectivity index (χ0) is 16.0. The third kappa shape index (κ3) is 2.12. The minimum atomic E-state index is -1.25. The second-order valence-corrected chi connectivity index (χ2v) is 5.44. The predicted octanol–water partition coefficient (Wildman–Crippen LogP) is -1.74. The molecule has 9 nitrogen and oxygen atoms in total. The van der Waals surface area contributed by atoms with Crippen molar-refractivity contribution in [2.24, 2.45) is 5.73 Å². The minimum absolute atomic E-state index is 0.0944. The van der Waals surface area contributed by atoms with Gasteiger partial charge in [-0.25, -0.2) is 9.97 Å². The van der Waals surface area contributed by atoms with Crippen molar-refractivity contribution in [1.82, 2.24) is 14.5 Å². The first-order chi connectivity index (χ1) is 10.5. The summed E-state index contributed by atoms with van der Waals surface area (Å²) in [7, 11) is 0. The maximum atomic E-state index is 10.1. The molecule has 118 valence electrons. The first kappa shape index (κ1) is 15.1. The number of nitrogens with zero attached hydrogens (tertiary/aromatic N) is 3. The molecule has 1 saturated heterocycles. The molecule has 0 aromatic carbocycles. The number of aliphatic hydroxyl groups is 3. The number of nitrogen functional groups attached to an aromatic ring is 1. The summed E-state index contributed by atoms with van der Waals surface area (Å²) in [6, 6.07) is 0. The van der Waals surface area contributed by atoms with Gasteiger partial charge in [0.1, 0.15) is 41.1 Å². The quantitative estimate of drug-likeness (QED) is 0.414. The molecule has 1 aliphatic heterocycles. The Morgan fingerprint density at radius 1 is 1.36 bits per heavy atom. The van der Waals surface area contributed by atoms with E-state index in [9.17, 15) is 15.3 Å². The molecule has 3 heterocycles. The van der Waals surface area contributed by atoms with Crippen LogP contribution in [-0.2, 0) is 4.74 Å². The average Bonchev–Trinajstić information content (AvgIpc) is 3.00. The molecular weight excluding hydrogens is 310 g/mol. The Labute approximate surface area is 130 Å². The largest absolute Gasteiger partial charge is 0.394 e. The molecule has 0 aliphatic carbocycles. The highest BCUT2D eigenvalue weighted by atomic mass is 32.1. The molecule has 4 atom stereocenters. The van der Waals surface area contributed by atoms with E-state index >= 15 is 0 Å². The van der Waals surface area contributed by atoms with Gasteiger partial charge in [-0.1, -0.05) is 12.2 Å². The Kier molecular flexibility index (Phi) is 3.70. The van der Waals surface area contributed by atoms with Crippen molar-refractivity contribution in [2.75, 3.05) is 12.3 Å². The standard InChI is InChI=1S/C12H15N5O4S/c13-9-6-4(10(14)22)1-17(11(6)16-3-15-9)12-8(20)7(19)5(2-18)21-12/h1,3,5,7-8,12,18-20H,2H2,(H2,14,22)(H2,13,15,16)/t5-,7-,8+,12-/m1/s1. The van der Waals surface area contributed by atoms with E-state index in [-0.39, 0.29) is 10.8 Å². The Morgan fingerprint density at radius 3 is 2.68 bits per heavy atom. The number of nitrogens with two attached hydrogens (primary N) is 2. The summed E-state index contributed by atoms with van der Waals surface area (Å²) in [6.07, 6.45) is -1.52. The highest BCUT2D eigenvalue weighted by Gasteiger charge is 2.44. The topological polar surface area (TPSA) is 153 Å². The maximum Gasteiger partial charge on any atom is 0.164 e. The molecule has 2 aromatic rings. The molecule has 1 fully saturated rings. The molecule has 10 heteroatoms. The van der Waals surface area contributed by atoms with E-state index in [1.165, 1.54) is 10.9 Å². The van der Waals surface area contributed by atoms with Crippen molar-refractivity contribution in [3.63, 3.8) is 0 Å². The van der Waals surface area contributed by atoms with E-state index in [4.69, 9.17) is 28.4 Å². The van der Waals surface area contributed by atoms with Crippen molar-refractivity contribution in [3.05, 3.63) is 18.1 Å². The summed E-state index contributed by atoms with van der Waals surface area (Å²) in [6.45, 7) is -0.423. The SMILES string of the molecule is NC(=S)c1cn([C@@H]2O[C@H](CO)[C@@H](O)[C@@H]2O)c2ncnc(N)c12. The highest BCUT2D eigenvalue weighted by molar-refractivity contribution is 7.80. The first-order valence-corrected chi connectivity index (χ1v) is 6.89. The second kappa shape index (κ2) is 5.41. The van der Waals surface area contributed by atoms with Crippen LogP contribution in [0.4, 0.5) is 5.82 Å². The van der Waals surface area contributed by atoms with Gasteiger partial charge in [0.05, 0.1) is 12.0 Å². The number of ether oxygens (including phenoxy) is 1. The Bertz CT molecular complexity index is 736. The summed E-state index contributed by atoms with van der Waals surface area (Å²) in [5.74, 6) is 0.193. The Morgan fingerprint density at radius 2 is 2.09 bits per heavy atom. The van der Waals surface area contributed by atoms with Crippen molar-refractivity contribution >= 4 is 34.1 Å². The van der Waals surface area contributed by atoms with Crippen LogP contribution < -0.4 is 11.5 Å². The van der Waals surface area contributed by atoms with Gasteiger partial charge >= 0.3 is 0 Å². The summed E-state index contributed by atoms with van der Waals surface area (Å²) >= 11 is 5.00. The maximum absolute atomic E-state index is 10.1. The van der Waals surface area contributed by atoms with Crippen LogP contribution in [0.2, 0.25) is 0 Å². The molecule has 2 aromatic heterocycles. The van der Waals surface area contributed by atoms with Gasteiger partial charge in [-0.3, -0.25) is 0 Å². The lowest BCUT2D eigenvalue weighted by Gasteiger charge is -2.17. The number of hydrogen-bond acceptors (Lipinski definition) is 8. The molecule has 3 rings (SSSR count). The van der Waals surface area contributed by atoms with Crippen LogP contribution in [0.5, 0.6) is 0 Å². The van der Waals surface area contributed by atoms with Crippen LogP contribution in [0.25, 0.3) is 11.0 Å². The van der Waals surface area contributed by atoms with Crippen molar-refractivity contribution < 1.29 is 20.1 Å². The predicted molar refractivity (Wildman–Crippen MR) is 80.8 cm³/mol. The van der Waals surface area contributed by atoms with Gasteiger partial charge in [0.15, 0.2) is 6.23 Å². The van der Waals surface area contributed by atoms with Crippen LogP contribution in [0.3, 0.4) is 0 Å². The van der Waals surface area contributed by atoms with Crippen LogP contribution in [-0.4, -0.2) is 59.8 Å². The molecule has 7 N–H and O–H groups in total. The van der Waals surface area contributed by atoms with Crippen LogP contribution >= 0.6 is 12.2 Å². The average molecular weight is 325 g/mol. The van der Waals surface area contributed by atoms with Crippen molar-refractivity contribution in [1.29, 1.82) is 0 Å². The van der Waals surface area contributed by atoms with Crippen LogP contribution in [0.15, 0.2) is 12.5 Å². The fourth-order valence-electron chi connectivity index (χ4n) is 2.60.